The fraction of sp³-hybridized carbons (Fsp3) is 0.538. The highest BCUT2D eigenvalue weighted by molar-refractivity contribution is 6.47. The van der Waals surface area contributed by atoms with E-state index in [-0.39, 0.29) is 24.3 Å². The Balaban J connectivity index is 2.17. The van der Waals surface area contributed by atoms with E-state index in [0.717, 1.165) is 5.56 Å². The van der Waals surface area contributed by atoms with Gasteiger partial charge in [-0.25, -0.2) is 0 Å². The van der Waals surface area contributed by atoms with Crippen molar-refractivity contribution in [3.63, 3.8) is 0 Å². The van der Waals surface area contributed by atoms with Gasteiger partial charge in [0.15, 0.2) is 0 Å². The molecule has 4 heteroatoms. The zero-order valence-electron chi connectivity index (χ0n) is 10.9. The van der Waals surface area contributed by atoms with Crippen molar-refractivity contribution < 1.29 is 9.31 Å². The highest BCUT2D eigenvalue weighted by Crippen LogP contribution is 2.39. The Kier molecular flexibility index (Phi) is 3.06. The normalized spacial score (nSPS) is 23.7. The van der Waals surface area contributed by atoms with Gasteiger partial charge in [0.2, 0.25) is 0 Å². The van der Waals surface area contributed by atoms with E-state index < -0.39 is 0 Å². The summed E-state index contributed by atoms with van der Waals surface area (Å²) in [5, 5.41) is 0. The average molecular weight is 233 g/mol. The summed E-state index contributed by atoms with van der Waals surface area (Å²) in [6.45, 7) is 8.13. The summed E-state index contributed by atoms with van der Waals surface area (Å²) in [6.07, 6.45) is 0. The lowest BCUT2D eigenvalue weighted by Gasteiger charge is -2.32. The molecule has 0 bridgehead atoms. The van der Waals surface area contributed by atoms with E-state index in [4.69, 9.17) is 15.0 Å². The van der Waals surface area contributed by atoms with Gasteiger partial charge in [0, 0.05) is 0 Å². The van der Waals surface area contributed by atoms with Gasteiger partial charge in [-0.3, -0.25) is 0 Å². The Morgan fingerprint density at radius 1 is 1.00 bits per heavy atom. The van der Waals surface area contributed by atoms with Crippen molar-refractivity contribution in [3.05, 3.63) is 35.9 Å². The number of hydrogen-bond acceptors (Lipinski definition) is 3. The molecule has 1 aliphatic heterocycles. The zero-order valence-corrected chi connectivity index (χ0v) is 10.9. The number of benzene rings is 1. The van der Waals surface area contributed by atoms with Crippen LogP contribution in [0.2, 0.25) is 0 Å². The first-order chi connectivity index (χ1) is 7.83. The molecule has 1 unspecified atom stereocenters. The first kappa shape index (κ1) is 12.6. The summed E-state index contributed by atoms with van der Waals surface area (Å²) in [4.78, 5) is 0. The van der Waals surface area contributed by atoms with E-state index in [1.165, 1.54) is 0 Å². The van der Waals surface area contributed by atoms with Crippen LogP contribution in [0, 0.1) is 0 Å². The minimum atomic E-state index is -0.387. The van der Waals surface area contributed by atoms with Crippen LogP contribution in [0.5, 0.6) is 0 Å². The molecule has 0 aliphatic carbocycles. The standard InChI is InChI=1S/C13H20BNO2/c1-12(2)13(3,4)17-14(16-12)11(15)10-8-6-5-7-9-10/h5-9,11H,15H2,1-4H3. The summed E-state index contributed by atoms with van der Waals surface area (Å²) in [6, 6.07) is 9.91. The zero-order chi connectivity index (χ0) is 12.7. The van der Waals surface area contributed by atoms with Gasteiger partial charge in [-0.2, -0.15) is 0 Å². The second-order valence-electron chi connectivity index (χ2n) is 5.56. The average Bonchev–Trinajstić information content (AvgIpc) is 2.48. The van der Waals surface area contributed by atoms with E-state index in [0.29, 0.717) is 0 Å². The van der Waals surface area contributed by atoms with E-state index in [1.807, 2.05) is 58.0 Å². The predicted octanol–water partition coefficient (Wildman–Crippen LogP) is 2.32. The Morgan fingerprint density at radius 3 is 1.94 bits per heavy atom. The Hall–Kier alpha value is -0.835. The van der Waals surface area contributed by atoms with Crippen molar-refractivity contribution in [2.24, 2.45) is 5.73 Å². The summed E-state index contributed by atoms with van der Waals surface area (Å²) in [5.41, 5.74) is 6.57. The highest BCUT2D eigenvalue weighted by Gasteiger charge is 2.53. The van der Waals surface area contributed by atoms with Crippen LogP contribution in [-0.4, -0.2) is 18.3 Å². The molecule has 2 N–H and O–H groups in total. The second-order valence-corrected chi connectivity index (χ2v) is 5.56. The smallest absolute Gasteiger partial charge is 0.402 e. The van der Waals surface area contributed by atoms with Gasteiger partial charge in [-0.1, -0.05) is 30.3 Å². The van der Waals surface area contributed by atoms with Gasteiger partial charge in [-0.05, 0) is 33.3 Å². The molecular formula is C13H20BNO2. The molecule has 92 valence electrons. The van der Waals surface area contributed by atoms with Crippen LogP contribution < -0.4 is 5.73 Å². The van der Waals surface area contributed by atoms with Crippen molar-refractivity contribution in [2.45, 2.75) is 44.8 Å². The lowest BCUT2D eigenvalue weighted by molar-refractivity contribution is 0.00578. The van der Waals surface area contributed by atoms with E-state index in [9.17, 15) is 0 Å². The van der Waals surface area contributed by atoms with Crippen LogP contribution in [0.3, 0.4) is 0 Å². The molecule has 0 spiro atoms. The molecule has 1 aromatic rings. The monoisotopic (exact) mass is 233 g/mol. The molecule has 1 atom stereocenters. The SMILES string of the molecule is CC1(C)OB(C(N)c2ccccc2)OC1(C)C. The van der Waals surface area contributed by atoms with E-state index >= 15 is 0 Å². The number of hydrogen-bond donors (Lipinski definition) is 1. The van der Waals surface area contributed by atoms with Crippen molar-refractivity contribution in [1.29, 1.82) is 0 Å². The summed E-state index contributed by atoms with van der Waals surface area (Å²) in [5.74, 6) is -0.253. The molecule has 1 aromatic carbocycles. The third-order valence-electron chi connectivity index (χ3n) is 3.75. The van der Waals surface area contributed by atoms with Crippen LogP contribution in [0.25, 0.3) is 0 Å². The van der Waals surface area contributed by atoms with Crippen molar-refractivity contribution >= 4 is 7.12 Å². The molecule has 17 heavy (non-hydrogen) atoms. The fourth-order valence-corrected chi connectivity index (χ4v) is 1.87. The predicted molar refractivity (Wildman–Crippen MR) is 69.5 cm³/mol. The van der Waals surface area contributed by atoms with Crippen LogP contribution in [0.1, 0.15) is 39.2 Å². The minimum Gasteiger partial charge on any atom is -0.402 e. The van der Waals surface area contributed by atoms with Crippen molar-refractivity contribution in [2.75, 3.05) is 0 Å². The van der Waals surface area contributed by atoms with E-state index in [2.05, 4.69) is 0 Å². The molecular weight excluding hydrogens is 213 g/mol. The molecule has 1 heterocycles. The fourth-order valence-electron chi connectivity index (χ4n) is 1.87. The van der Waals surface area contributed by atoms with Gasteiger partial charge in [0.05, 0.1) is 17.1 Å². The Bertz CT molecular complexity index is 376. The first-order valence-corrected chi connectivity index (χ1v) is 6.00. The Labute approximate surface area is 103 Å². The molecule has 0 radical (unpaired) electrons. The molecule has 0 amide bonds. The first-order valence-electron chi connectivity index (χ1n) is 6.00. The maximum Gasteiger partial charge on any atom is 0.480 e. The molecule has 1 aliphatic rings. The third-order valence-corrected chi connectivity index (χ3v) is 3.75. The second kappa shape index (κ2) is 4.12. The van der Waals surface area contributed by atoms with Crippen LogP contribution in [0.4, 0.5) is 0 Å². The lowest BCUT2D eigenvalue weighted by Crippen LogP contribution is -2.41. The summed E-state index contributed by atoms with van der Waals surface area (Å²) < 4.78 is 11.9. The van der Waals surface area contributed by atoms with Gasteiger partial charge < -0.3 is 15.0 Å². The summed E-state index contributed by atoms with van der Waals surface area (Å²) >= 11 is 0. The topological polar surface area (TPSA) is 44.5 Å². The van der Waals surface area contributed by atoms with Gasteiger partial charge in [-0.15, -0.1) is 0 Å². The number of rotatable bonds is 2. The maximum absolute atomic E-state index is 6.19. The molecule has 1 fully saturated rings. The molecule has 0 saturated carbocycles. The van der Waals surface area contributed by atoms with Crippen molar-refractivity contribution in [1.82, 2.24) is 0 Å². The highest BCUT2D eigenvalue weighted by atomic mass is 16.7. The third kappa shape index (κ3) is 2.25. The van der Waals surface area contributed by atoms with E-state index in [1.54, 1.807) is 0 Å². The molecule has 1 saturated heterocycles. The maximum atomic E-state index is 6.19. The van der Waals surface area contributed by atoms with Gasteiger partial charge in [0.25, 0.3) is 0 Å². The van der Waals surface area contributed by atoms with Crippen LogP contribution in [-0.2, 0) is 9.31 Å². The molecule has 3 nitrogen and oxygen atoms in total. The van der Waals surface area contributed by atoms with Crippen LogP contribution in [0.15, 0.2) is 30.3 Å². The molecule has 0 aromatic heterocycles. The Morgan fingerprint density at radius 2 is 1.47 bits per heavy atom. The largest absolute Gasteiger partial charge is 0.480 e. The molecule has 2 rings (SSSR count). The minimum absolute atomic E-state index is 0.253. The number of nitrogens with two attached hydrogens (primary N) is 1. The van der Waals surface area contributed by atoms with Crippen molar-refractivity contribution in [3.8, 4) is 0 Å². The van der Waals surface area contributed by atoms with Gasteiger partial charge >= 0.3 is 7.12 Å². The van der Waals surface area contributed by atoms with Gasteiger partial charge in [0.1, 0.15) is 0 Å². The quantitative estimate of drug-likeness (QED) is 0.797. The summed E-state index contributed by atoms with van der Waals surface area (Å²) in [7, 11) is -0.387. The van der Waals surface area contributed by atoms with Crippen LogP contribution >= 0.6 is 0 Å². The lowest BCUT2D eigenvalue weighted by atomic mass is 9.75.